The van der Waals surface area contributed by atoms with Crippen LogP contribution in [0.1, 0.15) is 18.4 Å². The molecule has 0 aliphatic carbocycles. The number of amides is 2. The number of nitrogens with zero attached hydrogens (tertiary/aromatic N) is 2. The van der Waals surface area contributed by atoms with Crippen LogP contribution in [0.15, 0.2) is 84.9 Å². The van der Waals surface area contributed by atoms with Gasteiger partial charge in [-0.15, -0.1) is 11.3 Å². The van der Waals surface area contributed by atoms with Crippen LogP contribution in [0.5, 0.6) is 0 Å². The van der Waals surface area contributed by atoms with E-state index in [2.05, 4.69) is 11.4 Å². The van der Waals surface area contributed by atoms with Crippen molar-refractivity contribution in [2.24, 2.45) is 5.92 Å². The molecule has 0 radical (unpaired) electrons. The van der Waals surface area contributed by atoms with Gasteiger partial charge in [0, 0.05) is 30.6 Å². The van der Waals surface area contributed by atoms with E-state index < -0.39 is 0 Å². The summed E-state index contributed by atoms with van der Waals surface area (Å²) in [5.74, 6) is -0.130. The van der Waals surface area contributed by atoms with Crippen LogP contribution in [0.2, 0.25) is 0 Å². The Bertz CT molecular complexity index is 1310. The standard InChI is InChI=1S/C28H25N3O2S/c32-26(15-14-20-8-2-1-3-9-20)31-18-16-21(17-19-31)27(33)29-23-11-5-4-10-22(23)28-30-24-12-6-7-13-25(24)34-28/h1-15,21H,16-19H2,(H,29,33)/b15-14+. The van der Waals surface area contributed by atoms with Gasteiger partial charge in [-0.3, -0.25) is 9.59 Å². The van der Waals surface area contributed by atoms with E-state index in [-0.39, 0.29) is 17.7 Å². The van der Waals surface area contributed by atoms with Crippen LogP contribution in [0.4, 0.5) is 5.69 Å². The van der Waals surface area contributed by atoms with Gasteiger partial charge in [0.15, 0.2) is 0 Å². The SMILES string of the molecule is O=C(Nc1ccccc1-c1nc2ccccc2s1)C1CCN(C(=O)/C=C/c2ccccc2)CC1. The van der Waals surface area contributed by atoms with Gasteiger partial charge in [-0.2, -0.15) is 0 Å². The number of thiazole rings is 1. The minimum atomic E-state index is -0.120. The third-order valence-corrected chi connectivity index (χ3v) is 7.17. The Kier molecular flexibility index (Phi) is 6.49. The van der Waals surface area contributed by atoms with Gasteiger partial charge in [0.25, 0.3) is 0 Å². The van der Waals surface area contributed by atoms with E-state index in [9.17, 15) is 9.59 Å². The number of carbonyl (C=O) groups is 2. The normalized spacial score (nSPS) is 14.5. The molecule has 2 heterocycles. The fraction of sp³-hybridized carbons (Fsp3) is 0.179. The first-order valence-corrected chi connectivity index (χ1v) is 12.3. The van der Waals surface area contributed by atoms with Crippen molar-refractivity contribution >= 4 is 45.1 Å². The first-order valence-electron chi connectivity index (χ1n) is 11.5. The van der Waals surface area contributed by atoms with Gasteiger partial charge in [-0.1, -0.05) is 54.6 Å². The highest BCUT2D eigenvalue weighted by Gasteiger charge is 2.27. The zero-order valence-electron chi connectivity index (χ0n) is 18.7. The maximum absolute atomic E-state index is 13.1. The van der Waals surface area contributed by atoms with Crippen LogP contribution < -0.4 is 5.32 Å². The number of hydrogen-bond acceptors (Lipinski definition) is 4. The summed E-state index contributed by atoms with van der Waals surface area (Å²) in [5, 5.41) is 4.02. The molecule has 0 bridgehead atoms. The number of fused-ring (bicyclic) bond motifs is 1. The van der Waals surface area contributed by atoms with Crippen molar-refractivity contribution in [3.8, 4) is 10.6 Å². The molecular formula is C28H25N3O2S. The van der Waals surface area contributed by atoms with Crippen molar-refractivity contribution in [3.05, 3.63) is 90.5 Å². The van der Waals surface area contributed by atoms with Gasteiger partial charge in [0.05, 0.1) is 15.9 Å². The van der Waals surface area contributed by atoms with Crippen LogP contribution in [-0.2, 0) is 9.59 Å². The van der Waals surface area contributed by atoms with Crippen molar-refractivity contribution in [3.63, 3.8) is 0 Å². The van der Waals surface area contributed by atoms with Crippen LogP contribution in [-0.4, -0.2) is 34.8 Å². The summed E-state index contributed by atoms with van der Waals surface area (Å²) in [6.45, 7) is 1.16. The molecule has 34 heavy (non-hydrogen) atoms. The number of likely N-dealkylation sites (tertiary alicyclic amines) is 1. The lowest BCUT2D eigenvalue weighted by Gasteiger charge is -2.30. The minimum absolute atomic E-state index is 0.000452. The molecule has 1 aromatic heterocycles. The molecule has 1 aliphatic heterocycles. The Hall–Kier alpha value is -3.77. The lowest BCUT2D eigenvalue weighted by Crippen LogP contribution is -2.40. The summed E-state index contributed by atoms with van der Waals surface area (Å²) in [7, 11) is 0. The first kappa shape index (κ1) is 22.0. The van der Waals surface area contributed by atoms with E-state index in [0.717, 1.165) is 32.0 Å². The number of carbonyl (C=O) groups excluding carboxylic acids is 2. The largest absolute Gasteiger partial charge is 0.339 e. The highest BCUT2D eigenvalue weighted by Crippen LogP contribution is 2.34. The van der Waals surface area contributed by atoms with Crippen LogP contribution in [0, 0.1) is 5.92 Å². The quantitative estimate of drug-likeness (QED) is 0.374. The molecule has 3 aromatic carbocycles. The van der Waals surface area contributed by atoms with Crippen LogP contribution in [0.3, 0.4) is 0 Å². The maximum Gasteiger partial charge on any atom is 0.246 e. The maximum atomic E-state index is 13.1. The van der Waals surface area contributed by atoms with E-state index in [1.807, 2.05) is 83.8 Å². The number of anilines is 1. The van der Waals surface area contributed by atoms with Crippen LogP contribution >= 0.6 is 11.3 Å². The predicted octanol–water partition coefficient (Wildman–Crippen LogP) is 5.85. The summed E-state index contributed by atoms with van der Waals surface area (Å²) < 4.78 is 1.12. The van der Waals surface area contributed by atoms with Crippen molar-refractivity contribution in [1.82, 2.24) is 9.88 Å². The van der Waals surface area contributed by atoms with E-state index in [0.29, 0.717) is 25.9 Å². The molecular weight excluding hydrogens is 442 g/mol. The van der Waals surface area contributed by atoms with Crippen molar-refractivity contribution in [1.29, 1.82) is 0 Å². The van der Waals surface area contributed by atoms with Crippen molar-refractivity contribution < 1.29 is 9.59 Å². The number of rotatable bonds is 5. The van der Waals surface area contributed by atoms with Gasteiger partial charge in [-0.25, -0.2) is 4.98 Å². The Labute approximate surface area is 202 Å². The lowest BCUT2D eigenvalue weighted by molar-refractivity contribution is -0.130. The third-order valence-electron chi connectivity index (χ3n) is 6.10. The summed E-state index contributed by atoms with van der Waals surface area (Å²) in [4.78, 5) is 32.2. The molecule has 0 unspecified atom stereocenters. The Balaban J connectivity index is 1.22. The van der Waals surface area contributed by atoms with Crippen molar-refractivity contribution in [2.75, 3.05) is 18.4 Å². The summed E-state index contributed by atoms with van der Waals surface area (Å²) >= 11 is 1.62. The second kappa shape index (κ2) is 10.0. The van der Waals surface area contributed by atoms with Gasteiger partial charge in [0.1, 0.15) is 5.01 Å². The molecule has 170 valence electrons. The van der Waals surface area contributed by atoms with Gasteiger partial charge in [0.2, 0.25) is 11.8 Å². The molecule has 1 aliphatic rings. The third kappa shape index (κ3) is 4.92. The molecule has 1 saturated heterocycles. The van der Waals surface area contributed by atoms with Crippen LogP contribution in [0.25, 0.3) is 26.9 Å². The predicted molar refractivity (Wildman–Crippen MR) is 138 cm³/mol. The molecule has 4 aromatic rings. The minimum Gasteiger partial charge on any atom is -0.339 e. The molecule has 1 N–H and O–H groups in total. The molecule has 0 spiro atoms. The second-order valence-corrected chi connectivity index (χ2v) is 9.40. The number of benzene rings is 3. The first-order chi connectivity index (χ1) is 16.7. The van der Waals surface area contributed by atoms with E-state index in [4.69, 9.17) is 4.98 Å². The number of hydrogen-bond donors (Lipinski definition) is 1. The van der Waals surface area contributed by atoms with Gasteiger partial charge in [-0.05, 0) is 48.7 Å². The lowest BCUT2D eigenvalue weighted by atomic mass is 9.95. The highest BCUT2D eigenvalue weighted by molar-refractivity contribution is 7.21. The molecule has 6 heteroatoms. The topological polar surface area (TPSA) is 62.3 Å². The molecule has 1 fully saturated rings. The zero-order valence-corrected chi connectivity index (χ0v) is 19.5. The number of aromatic nitrogens is 1. The van der Waals surface area contributed by atoms with E-state index >= 15 is 0 Å². The highest BCUT2D eigenvalue weighted by atomic mass is 32.1. The fourth-order valence-electron chi connectivity index (χ4n) is 4.20. The number of nitrogens with one attached hydrogen (secondary N) is 1. The van der Waals surface area contributed by atoms with Gasteiger partial charge < -0.3 is 10.2 Å². The molecule has 2 amide bonds. The number of para-hydroxylation sites is 2. The van der Waals surface area contributed by atoms with Crippen molar-refractivity contribution in [2.45, 2.75) is 12.8 Å². The Morgan fingerprint density at radius 1 is 0.912 bits per heavy atom. The molecule has 0 atom stereocenters. The Morgan fingerprint density at radius 2 is 1.62 bits per heavy atom. The Morgan fingerprint density at radius 3 is 2.41 bits per heavy atom. The molecule has 5 rings (SSSR count). The van der Waals surface area contributed by atoms with Gasteiger partial charge >= 0.3 is 0 Å². The molecule has 5 nitrogen and oxygen atoms in total. The average Bonchev–Trinajstić information content (AvgIpc) is 3.32. The average molecular weight is 468 g/mol. The zero-order chi connectivity index (χ0) is 23.3. The summed E-state index contributed by atoms with van der Waals surface area (Å²) in [6.07, 6.45) is 4.75. The monoisotopic (exact) mass is 467 g/mol. The smallest absolute Gasteiger partial charge is 0.246 e. The summed E-state index contributed by atoms with van der Waals surface area (Å²) in [6, 6.07) is 25.6. The van der Waals surface area contributed by atoms with E-state index in [1.54, 1.807) is 17.4 Å². The molecule has 0 saturated carbocycles. The summed E-state index contributed by atoms with van der Waals surface area (Å²) in [5.41, 5.74) is 3.66. The van der Waals surface area contributed by atoms with E-state index in [1.165, 1.54) is 0 Å². The number of piperidine rings is 1. The fourth-order valence-corrected chi connectivity index (χ4v) is 5.21. The second-order valence-electron chi connectivity index (χ2n) is 8.37.